The van der Waals surface area contributed by atoms with Crippen LogP contribution in [-0.4, -0.2) is 11.7 Å². The first-order valence-corrected chi connectivity index (χ1v) is 8.73. The van der Waals surface area contributed by atoms with Crippen LogP contribution in [0.1, 0.15) is 38.3 Å². The fourth-order valence-corrected chi connectivity index (χ4v) is 2.45. The van der Waals surface area contributed by atoms with Crippen molar-refractivity contribution in [3.63, 3.8) is 0 Å². The number of aryl methyl sites for hydroxylation is 1. The first kappa shape index (κ1) is 18.8. The molecule has 0 aliphatic heterocycles. The molecule has 25 heavy (non-hydrogen) atoms. The highest BCUT2D eigenvalue weighted by atomic mass is 16.2. The molecule has 0 aliphatic rings. The molecule has 1 heteroatoms. The fourth-order valence-electron chi connectivity index (χ4n) is 2.45. The van der Waals surface area contributed by atoms with E-state index in [4.69, 9.17) is 5.11 Å². The zero-order chi connectivity index (χ0) is 18.1. The van der Waals surface area contributed by atoms with Crippen molar-refractivity contribution in [3.8, 4) is 23.0 Å². The van der Waals surface area contributed by atoms with E-state index in [0.717, 1.165) is 24.0 Å². The summed E-state index contributed by atoms with van der Waals surface area (Å²) >= 11 is 0. The first-order chi connectivity index (χ1) is 12.1. The Hall–Kier alpha value is -2.56. The largest absolute Gasteiger partial charge is 0.392 e. The van der Waals surface area contributed by atoms with Gasteiger partial charge in [-0.3, -0.25) is 0 Å². The predicted octanol–water partition coefficient (Wildman–Crippen LogP) is 5.54. The molecule has 2 aromatic rings. The van der Waals surface area contributed by atoms with Gasteiger partial charge in [-0.05, 0) is 74.1 Å². The van der Waals surface area contributed by atoms with Crippen LogP contribution >= 0.6 is 0 Å². The smallest absolute Gasteiger partial charge is 0.0624 e. The van der Waals surface area contributed by atoms with Gasteiger partial charge in [-0.25, -0.2) is 0 Å². The van der Waals surface area contributed by atoms with Gasteiger partial charge in [-0.15, -0.1) is 0 Å². The minimum Gasteiger partial charge on any atom is -0.392 e. The predicted molar refractivity (Wildman–Crippen MR) is 107 cm³/mol. The van der Waals surface area contributed by atoms with Gasteiger partial charge in [0.05, 0.1) is 6.61 Å². The molecular weight excluding hydrogens is 304 g/mol. The van der Waals surface area contributed by atoms with Gasteiger partial charge in [-0.1, -0.05) is 59.9 Å². The summed E-state index contributed by atoms with van der Waals surface area (Å²) in [5, 5.41) is 8.84. The van der Waals surface area contributed by atoms with Crippen molar-refractivity contribution in [1.29, 1.82) is 0 Å². The monoisotopic (exact) mass is 330 g/mol. The lowest BCUT2D eigenvalue weighted by Crippen LogP contribution is -1.87. The van der Waals surface area contributed by atoms with Gasteiger partial charge in [-0.2, -0.15) is 0 Å². The van der Waals surface area contributed by atoms with Crippen molar-refractivity contribution in [2.24, 2.45) is 0 Å². The van der Waals surface area contributed by atoms with E-state index in [9.17, 15) is 0 Å². The Balaban J connectivity index is 2.05. The van der Waals surface area contributed by atoms with Crippen molar-refractivity contribution in [1.82, 2.24) is 0 Å². The summed E-state index contributed by atoms with van der Waals surface area (Å²) in [7, 11) is 0. The van der Waals surface area contributed by atoms with E-state index in [1.54, 1.807) is 6.08 Å². The number of benzene rings is 2. The molecule has 1 nitrogen and oxygen atoms in total. The van der Waals surface area contributed by atoms with Crippen LogP contribution in [0, 0.1) is 11.8 Å². The van der Waals surface area contributed by atoms with Crippen LogP contribution in [0.4, 0.5) is 0 Å². The summed E-state index contributed by atoms with van der Waals surface area (Å²) in [4.78, 5) is 0. The SMILES string of the molecule is CC=C(C)CCc1ccc(-c2ccc(C#CC(C)=CCO)cc2)cc1. The van der Waals surface area contributed by atoms with Crippen LogP contribution in [0.25, 0.3) is 11.1 Å². The van der Waals surface area contributed by atoms with Gasteiger partial charge in [0.2, 0.25) is 0 Å². The Labute approximate surface area is 151 Å². The summed E-state index contributed by atoms with van der Waals surface area (Å²) < 4.78 is 0. The highest BCUT2D eigenvalue weighted by Gasteiger charge is 1.99. The highest BCUT2D eigenvalue weighted by Crippen LogP contribution is 2.21. The van der Waals surface area contributed by atoms with Crippen molar-refractivity contribution in [2.45, 2.75) is 33.6 Å². The van der Waals surface area contributed by atoms with Gasteiger partial charge in [0.1, 0.15) is 0 Å². The van der Waals surface area contributed by atoms with Crippen LogP contribution in [0.5, 0.6) is 0 Å². The normalized spacial score (nSPS) is 11.8. The average molecular weight is 330 g/mol. The summed E-state index contributed by atoms with van der Waals surface area (Å²) in [5.74, 6) is 6.16. The van der Waals surface area contributed by atoms with Crippen LogP contribution in [0.3, 0.4) is 0 Å². The van der Waals surface area contributed by atoms with Gasteiger partial charge in [0, 0.05) is 5.56 Å². The van der Waals surface area contributed by atoms with Crippen molar-refractivity contribution in [3.05, 3.63) is 83.0 Å². The zero-order valence-corrected chi connectivity index (χ0v) is 15.3. The van der Waals surface area contributed by atoms with Crippen molar-refractivity contribution < 1.29 is 5.11 Å². The Morgan fingerprint density at radius 3 is 2.12 bits per heavy atom. The van der Waals surface area contributed by atoms with Crippen LogP contribution in [-0.2, 0) is 6.42 Å². The molecule has 0 amide bonds. The average Bonchev–Trinajstić information content (AvgIpc) is 2.65. The number of aliphatic hydroxyl groups is 1. The third kappa shape index (κ3) is 6.10. The third-order valence-electron chi connectivity index (χ3n) is 4.27. The highest BCUT2D eigenvalue weighted by molar-refractivity contribution is 5.64. The second kappa shape index (κ2) is 9.67. The quantitative estimate of drug-likeness (QED) is 0.563. The second-order valence-corrected chi connectivity index (χ2v) is 6.23. The molecule has 0 fully saturated rings. The molecule has 0 saturated heterocycles. The van der Waals surface area contributed by atoms with Crippen LogP contribution in [0.2, 0.25) is 0 Å². The molecule has 1 N–H and O–H groups in total. The van der Waals surface area contributed by atoms with Gasteiger partial charge in [0.15, 0.2) is 0 Å². The van der Waals surface area contributed by atoms with Crippen molar-refractivity contribution in [2.75, 3.05) is 6.61 Å². The Bertz CT molecular complexity index is 794. The maximum absolute atomic E-state index is 8.84. The van der Waals surface area contributed by atoms with Gasteiger partial charge in [0.25, 0.3) is 0 Å². The van der Waals surface area contributed by atoms with E-state index in [1.807, 2.05) is 19.1 Å². The van der Waals surface area contributed by atoms with E-state index in [1.165, 1.54) is 22.3 Å². The summed E-state index contributed by atoms with van der Waals surface area (Å²) in [5.41, 5.74) is 7.10. The number of hydrogen-bond acceptors (Lipinski definition) is 1. The number of rotatable bonds is 5. The molecule has 0 aliphatic carbocycles. The lowest BCUT2D eigenvalue weighted by atomic mass is 10.00. The van der Waals surface area contributed by atoms with E-state index in [2.05, 4.69) is 68.2 Å². The van der Waals surface area contributed by atoms with E-state index < -0.39 is 0 Å². The minimum atomic E-state index is 0.0315. The molecule has 128 valence electrons. The van der Waals surface area contributed by atoms with E-state index in [0.29, 0.717) is 0 Å². The van der Waals surface area contributed by atoms with E-state index in [-0.39, 0.29) is 6.61 Å². The lowest BCUT2D eigenvalue weighted by molar-refractivity contribution is 0.342. The molecule has 0 unspecified atom stereocenters. The Morgan fingerprint density at radius 1 is 0.960 bits per heavy atom. The molecule has 0 aromatic heterocycles. The van der Waals surface area contributed by atoms with Crippen molar-refractivity contribution >= 4 is 0 Å². The van der Waals surface area contributed by atoms with Crippen LogP contribution < -0.4 is 0 Å². The molecule has 0 bridgehead atoms. The molecule has 0 atom stereocenters. The molecule has 2 aromatic carbocycles. The van der Waals surface area contributed by atoms with E-state index >= 15 is 0 Å². The molecule has 0 saturated carbocycles. The zero-order valence-electron chi connectivity index (χ0n) is 15.3. The lowest BCUT2D eigenvalue weighted by Gasteiger charge is -2.05. The Kier molecular flexibility index (Phi) is 7.26. The summed E-state index contributed by atoms with van der Waals surface area (Å²) in [6.45, 7) is 6.21. The number of aliphatic hydroxyl groups excluding tert-OH is 1. The third-order valence-corrected chi connectivity index (χ3v) is 4.27. The standard InChI is InChI=1S/C24H26O/c1-4-19(2)5-7-21-9-13-23(14-10-21)24-15-11-22(12-16-24)8-6-20(3)17-18-25/h4,9-17,25H,5,7,18H2,1-3H3. The van der Waals surface area contributed by atoms with Crippen LogP contribution in [0.15, 0.2) is 71.8 Å². The summed E-state index contributed by atoms with van der Waals surface area (Å²) in [6, 6.07) is 17.1. The van der Waals surface area contributed by atoms with Gasteiger partial charge < -0.3 is 5.11 Å². The second-order valence-electron chi connectivity index (χ2n) is 6.23. The number of hydrogen-bond donors (Lipinski definition) is 1. The number of allylic oxidation sites excluding steroid dienone is 3. The maximum atomic E-state index is 8.84. The molecule has 0 radical (unpaired) electrons. The van der Waals surface area contributed by atoms with Gasteiger partial charge >= 0.3 is 0 Å². The minimum absolute atomic E-state index is 0.0315. The fraction of sp³-hybridized carbons (Fsp3) is 0.250. The molecule has 0 spiro atoms. The summed E-state index contributed by atoms with van der Waals surface area (Å²) in [6.07, 6.45) is 6.10. The molecule has 2 rings (SSSR count). The molecular formula is C24H26O. The topological polar surface area (TPSA) is 20.2 Å². The Morgan fingerprint density at radius 2 is 1.56 bits per heavy atom. The maximum Gasteiger partial charge on any atom is 0.0624 e. The molecule has 0 heterocycles. The first-order valence-electron chi connectivity index (χ1n) is 8.73.